The predicted octanol–water partition coefficient (Wildman–Crippen LogP) is 4.62. The number of carbonyl (C=O) groups is 1. The number of fused-ring (bicyclic) bond motifs is 3. The number of H-pyrrole nitrogens is 1. The molecule has 1 N–H and O–H groups in total. The van der Waals surface area contributed by atoms with E-state index in [1.54, 1.807) is 7.11 Å². The Hall–Kier alpha value is -2.08. The van der Waals surface area contributed by atoms with Gasteiger partial charge in [-0.2, -0.15) is 0 Å². The molecule has 1 aliphatic rings. The third-order valence-electron chi connectivity index (χ3n) is 4.50. The molecule has 0 spiro atoms. The second kappa shape index (κ2) is 6.09. The molecule has 24 heavy (non-hydrogen) atoms. The number of nitrogens with one attached hydrogen (secondary N) is 1. The number of methoxy groups -OCH3 is 1. The maximum atomic E-state index is 12.7. The van der Waals surface area contributed by atoms with Crippen LogP contribution in [0, 0.1) is 3.57 Å². The number of rotatable bonds is 3. The molecule has 120 valence electrons. The lowest BCUT2D eigenvalue weighted by Crippen LogP contribution is -2.03. The molecule has 4 heteroatoms. The van der Waals surface area contributed by atoms with Crippen LogP contribution >= 0.6 is 22.6 Å². The zero-order valence-corrected chi connectivity index (χ0v) is 15.4. The number of aromatic nitrogens is 1. The molecule has 3 aromatic rings. The van der Waals surface area contributed by atoms with Crippen molar-refractivity contribution in [2.75, 3.05) is 7.11 Å². The topological polar surface area (TPSA) is 42.1 Å². The van der Waals surface area contributed by atoms with E-state index in [1.807, 2.05) is 36.4 Å². The molecule has 1 heterocycles. The minimum Gasteiger partial charge on any atom is -0.497 e. The highest BCUT2D eigenvalue weighted by Crippen LogP contribution is 2.35. The first kappa shape index (κ1) is 15.4. The van der Waals surface area contributed by atoms with E-state index in [0.29, 0.717) is 11.3 Å². The van der Waals surface area contributed by atoms with Gasteiger partial charge in [-0.3, -0.25) is 4.79 Å². The Labute approximate surface area is 154 Å². The lowest BCUT2D eigenvalue weighted by atomic mass is 9.90. The molecule has 0 fully saturated rings. The van der Waals surface area contributed by atoms with E-state index in [1.165, 1.54) is 16.7 Å². The number of aryl methyl sites for hydroxylation is 2. The number of benzene rings is 2. The lowest BCUT2D eigenvalue weighted by molar-refractivity contribution is 0.103. The van der Waals surface area contributed by atoms with Crippen LogP contribution in [-0.2, 0) is 12.8 Å². The molecule has 0 saturated carbocycles. The van der Waals surface area contributed by atoms with Crippen LogP contribution in [0.1, 0.15) is 27.2 Å². The van der Waals surface area contributed by atoms with Gasteiger partial charge in [0.25, 0.3) is 0 Å². The number of ketones is 1. The molecule has 0 amide bonds. The van der Waals surface area contributed by atoms with Crippen LogP contribution in [0.2, 0.25) is 0 Å². The Bertz CT molecular complexity index is 925. The van der Waals surface area contributed by atoms with Crippen molar-refractivity contribution in [2.45, 2.75) is 12.8 Å². The number of halogens is 1. The van der Waals surface area contributed by atoms with Gasteiger partial charge in [0.05, 0.1) is 12.8 Å². The van der Waals surface area contributed by atoms with E-state index in [0.717, 1.165) is 27.9 Å². The van der Waals surface area contributed by atoms with Gasteiger partial charge in [0.2, 0.25) is 5.78 Å². The standard InChI is InChI=1S/C20H16INO2/c1-24-16-8-9-17-13(10-16)2-3-14-11-18(22-19(14)17)20(23)12-4-6-15(21)7-5-12/h4-11,22H,2-3H2,1H3. The van der Waals surface area contributed by atoms with E-state index in [9.17, 15) is 4.79 Å². The summed E-state index contributed by atoms with van der Waals surface area (Å²) in [5.74, 6) is 0.912. The summed E-state index contributed by atoms with van der Waals surface area (Å²) in [4.78, 5) is 16.1. The smallest absolute Gasteiger partial charge is 0.209 e. The molecule has 1 aromatic heterocycles. The van der Waals surface area contributed by atoms with Crippen molar-refractivity contribution in [3.8, 4) is 17.0 Å². The SMILES string of the molecule is COc1ccc2c(c1)CCc1cc(C(=O)c3ccc(I)cc3)[nH]c1-2. The number of hydrogen-bond donors (Lipinski definition) is 1. The molecule has 0 radical (unpaired) electrons. The zero-order valence-electron chi connectivity index (χ0n) is 13.2. The van der Waals surface area contributed by atoms with Crippen LogP contribution in [-0.4, -0.2) is 17.9 Å². The van der Waals surface area contributed by atoms with Gasteiger partial charge in [0, 0.05) is 20.4 Å². The van der Waals surface area contributed by atoms with Gasteiger partial charge < -0.3 is 9.72 Å². The summed E-state index contributed by atoms with van der Waals surface area (Å²) in [6, 6.07) is 15.8. The highest BCUT2D eigenvalue weighted by molar-refractivity contribution is 14.1. The normalized spacial score (nSPS) is 12.4. The molecule has 3 nitrogen and oxygen atoms in total. The zero-order chi connectivity index (χ0) is 16.7. The number of ether oxygens (including phenoxy) is 1. The van der Waals surface area contributed by atoms with Gasteiger partial charge in [-0.25, -0.2) is 0 Å². The third kappa shape index (κ3) is 2.65. The second-order valence-corrected chi connectivity index (χ2v) is 7.19. The van der Waals surface area contributed by atoms with Crippen LogP contribution in [0.4, 0.5) is 0 Å². The fourth-order valence-corrected chi connectivity index (χ4v) is 3.59. The van der Waals surface area contributed by atoms with Crippen molar-refractivity contribution in [2.24, 2.45) is 0 Å². The Morgan fingerprint density at radius 2 is 1.79 bits per heavy atom. The Morgan fingerprint density at radius 1 is 1.04 bits per heavy atom. The molecular weight excluding hydrogens is 413 g/mol. The molecule has 2 aromatic carbocycles. The summed E-state index contributed by atoms with van der Waals surface area (Å²) in [6.45, 7) is 0. The fraction of sp³-hybridized carbons (Fsp3) is 0.150. The maximum Gasteiger partial charge on any atom is 0.209 e. The number of hydrogen-bond acceptors (Lipinski definition) is 2. The Balaban J connectivity index is 1.73. The quantitative estimate of drug-likeness (QED) is 0.488. The number of aromatic amines is 1. The van der Waals surface area contributed by atoms with Crippen molar-refractivity contribution < 1.29 is 9.53 Å². The molecular formula is C20H16INO2. The minimum absolute atomic E-state index is 0.0378. The molecule has 0 unspecified atom stereocenters. The predicted molar refractivity (Wildman–Crippen MR) is 103 cm³/mol. The average molecular weight is 429 g/mol. The summed E-state index contributed by atoms with van der Waals surface area (Å²) in [5, 5.41) is 0. The van der Waals surface area contributed by atoms with Crippen LogP contribution in [0.15, 0.2) is 48.5 Å². The van der Waals surface area contributed by atoms with Crippen LogP contribution in [0.3, 0.4) is 0 Å². The molecule has 0 bridgehead atoms. The Morgan fingerprint density at radius 3 is 2.54 bits per heavy atom. The highest BCUT2D eigenvalue weighted by atomic mass is 127. The van der Waals surface area contributed by atoms with Crippen molar-refractivity contribution in [3.63, 3.8) is 0 Å². The molecule has 0 aliphatic heterocycles. The first-order valence-electron chi connectivity index (χ1n) is 7.85. The van der Waals surface area contributed by atoms with Crippen molar-refractivity contribution in [1.82, 2.24) is 4.98 Å². The number of carbonyl (C=O) groups excluding carboxylic acids is 1. The molecule has 4 rings (SSSR count). The maximum absolute atomic E-state index is 12.7. The largest absolute Gasteiger partial charge is 0.497 e. The van der Waals surface area contributed by atoms with Crippen molar-refractivity contribution in [3.05, 3.63) is 74.5 Å². The van der Waals surface area contributed by atoms with E-state index in [2.05, 4.69) is 39.7 Å². The highest BCUT2D eigenvalue weighted by Gasteiger charge is 2.22. The van der Waals surface area contributed by atoms with E-state index in [4.69, 9.17) is 4.74 Å². The minimum atomic E-state index is 0.0378. The third-order valence-corrected chi connectivity index (χ3v) is 5.21. The summed E-state index contributed by atoms with van der Waals surface area (Å²) in [6.07, 6.45) is 1.90. The van der Waals surface area contributed by atoms with Crippen LogP contribution < -0.4 is 4.74 Å². The van der Waals surface area contributed by atoms with Gasteiger partial charge in [-0.1, -0.05) is 0 Å². The lowest BCUT2D eigenvalue weighted by Gasteiger charge is -2.17. The molecule has 0 atom stereocenters. The Kier molecular flexibility index (Phi) is 3.92. The van der Waals surface area contributed by atoms with E-state index < -0.39 is 0 Å². The van der Waals surface area contributed by atoms with Crippen LogP contribution in [0.25, 0.3) is 11.3 Å². The molecule has 0 saturated heterocycles. The second-order valence-electron chi connectivity index (χ2n) is 5.94. The van der Waals surface area contributed by atoms with Crippen molar-refractivity contribution in [1.29, 1.82) is 0 Å². The van der Waals surface area contributed by atoms with Crippen LogP contribution in [0.5, 0.6) is 5.75 Å². The van der Waals surface area contributed by atoms with E-state index >= 15 is 0 Å². The average Bonchev–Trinajstić information content (AvgIpc) is 3.06. The summed E-state index contributed by atoms with van der Waals surface area (Å²) >= 11 is 2.24. The molecule has 1 aliphatic carbocycles. The van der Waals surface area contributed by atoms with E-state index in [-0.39, 0.29) is 5.78 Å². The van der Waals surface area contributed by atoms with Gasteiger partial charge >= 0.3 is 0 Å². The van der Waals surface area contributed by atoms with Crippen molar-refractivity contribution >= 4 is 28.4 Å². The van der Waals surface area contributed by atoms with Gasteiger partial charge in [0.15, 0.2) is 0 Å². The van der Waals surface area contributed by atoms with Gasteiger partial charge in [0.1, 0.15) is 5.75 Å². The van der Waals surface area contributed by atoms with Gasteiger partial charge in [-0.05, 0) is 95.1 Å². The first-order valence-corrected chi connectivity index (χ1v) is 8.93. The summed E-state index contributed by atoms with van der Waals surface area (Å²) in [5.41, 5.74) is 6.07. The van der Waals surface area contributed by atoms with Gasteiger partial charge in [-0.15, -0.1) is 0 Å². The monoisotopic (exact) mass is 429 g/mol. The fourth-order valence-electron chi connectivity index (χ4n) is 3.23. The summed E-state index contributed by atoms with van der Waals surface area (Å²) < 4.78 is 6.44. The summed E-state index contributed by atoms with van der Waals surface area (Å²) in [7, 11) is 1.68. The first-order chi connectivity index (χ1) is 11.7.